The van der Waals surface area contributed by atoms with Gasteiger partial charge >= 0.3 is 0 Å². The first-order valence-corrected chi connectivity index (χ1v) is 13.1. The first kappa shape index (κ1) is 23.6. The average molecular weight is 464 g/mol. The molecule has 0 unspecified atom stereocenters. The topological polar surface area (TPSA) is 61.4 Å². The summed E-state index contributed by atoms with van der Waals surface area (Å²) in [5, 5.41) is 3.51. The van der Waals surface area contributed by atoms with Gasteiger partial charge in [-0.1, -0.05) is 78.4 Å². The molecule has 0 amide bonds. The summed E-state index contributed by atoms with van der Waals surface area (Å²) in [4.78, 5) is 2.75. The number of hydrogen-bond donors (Lipinski definition) is 2. The first-order valence-electron chi connectivity index (χ1n) is 11.6. The molecule has 4 rings (SSSR count). The standard InChI is InChI=1S/C27H33N3O2S/c1-22-12-14-27(15-13-22)33(31,32)29-25(18-23-8-4-2-5-9-23)21-30-17-16-28-20-26(30)19-24-10-6-3-7-11-24/h2-15,25-26,28-29H,16-21H2,1H3/t25-,26-/m0/s1. The molecule has 0 aliphatic carbocycles. The van der Waals surface area contributed by atoms with Crippen molar-refractivity contribution in [2.24, 2.45) is 0 Å². The fourth-order valence-corrected chi connectivity index (χ4v) is 5.69. The third-order valence-electron chi connectivity index (χ3n) is 6.22. The van der Waals surface area contributed by atoms with Crippen molar-refractivity contribution in [1.82, 2.24) is 14.9 Å². The molecule has 3 aromatic carbocycles. The predicted molar refractivity (Wildman–Crippen MR) is 134 cm³/mol. The first-order chi connectivity index (χ1) is 16.0. The molecule has 2 atom stereocenters. The fraction of sp³-hybridized carbons (Fsp3) is 0.333. The Morgan fingerprint density at radius 3 is 2.24 bits per heavy atom. The Labute approximate surface area is 197 Å². The van der Waals surface area contributed by atoms with Gasteiger partial charge in [-0.25, -0.2) is 13.1 Å². The van der Waals surface area contributed by atoms with Crippen molar-refractivity contribution in [3.8, 4) is 0 Å². The molecule has 5 nitrogen and oxygen atoms in total. The molecule has 6 heteroatoms. The minimum atomic E-state index is -3.62. The summed E-state index contributed by atoms with van der Waals surface area (Å²) in [7, 11) is -3.62. The SMILES string of the molecule is Cc1ccc(S(=O)(=O)N[C@@H](Cc2ccccc2)CN2CCNC[C@@H]2Cc2ccccc2)cc1. The third kappa shape index (κ3) is 6.74. The van der Waals surface area contributed by atoms with Crippen LogP contribution in [0.2, 0.25) is 0 Å². The Morgan fingerprint density at radius 1 is 0.939 bits per heavy atom. The molecule has 1 aliphatic heterocycles. The molecule has 0 spiro atoms. The van der Waals surface area contributed by atoms with E-state index in [1.165, 1.54) is 5.56 Å². The zero-order valence-corrected chi connectivity index (χ0v) is 20.0. The molecule has 1 fully saturated rings. The van der Waals surface area contributed by atoms with Crippen molar-refractivity contribution in [1.29, 1.82) is 0 Å². The van der Waals surface area contributed by atoms with E-state index in [4.69, 9.17) is 0 Å². The Morgan fingerprint density at radius 2 is 1.58 bits per heavy atom. The highest BCUT2D eigenvalue weighted by atomic mass is 32.2. The van der Waals surface area contributed by atoms with Crippen LogP contribution in [-0.4, -0.2) is 51.6 Å². The van der Waals surface area contributed by atoms with Crippen molar-refractivity contribution in [2.45, 2.75) is 36.7 Å². The second kappa shape index (κ2) is 11.1. The summed E-state index contributed by atoms with van der Waals surface area (Å²) < 4.78 is 29.5. The van der Waals surface area contributed by atoms with Gasteiger partial charge < -0.3 is 5.32 Å². The smallest absolute Gasteiger partial charge is 0.240 e. The predicted octanol–water partition coefficient (Wildman–Crippen LogP) is 3.40. The number of hydrogen-bond acceptors (Lipinski definition) is 4. The maximum absolute atomic E-state index is 13.2. The van der Waals surface area contributed by atoms with Gasteiger partial charge in [0, 0.05) is 38.3 Å². The molecule has 0 bridgehead atoms. The van der Waals surface area contributed by atoms with Gasteiger partial charge in [-0.15, -0.1) is 0 Å². The maximum Gasteiger partial charge on any atom is 0.240 e. The van der Waals surface area contributed by atoms with Crippen LogP contribution in [0.15, 0.2) is 89.8 Å². The molecule has 1 heterocycles. The molecule has 2 N–H and O–H groups in total. The molecular formula is C27H33N3O2S. The van der Waals surface area contributed by atoms with Crippen LogP contribution in [-0.2, 0) is 22.9 Å². The van der Waals surface area contributed by atoms with Crippen molar-refractivity contribution in [3.05, 3.63) is 102 Å². The number of nitrogens with one attached hydrogen (secondary N) is 2. The number of benzene rings is 3. The van der Waals surface area contributed by atoms with Gasteiger partial charge in [0.05, 0.1) is 4.90 Å². The number of rotatable bonds is 9. The van der Waals surface area contributed by atoms with Crippen LogP contribution >= 0.6 is 0 Å². The molecule has 1 saturated heterocycles. The van der Waals surface area contributed by atoms with E-state index in [1.54, 1.807) is 12.1 Å². The van der Waals surface area contributed by atoms with Gasteiger partial charge in [0.25, 0.3) is 0 Å². The largest absolute Gasteiger partial charge is 0.314 e. The third-order valence-corrected chi connectivity index (χ3v) is 7.76. The molecular weight excluding hydrogens is 430 g/mol. The van der Waals surface area contributed by atoms with Crippen molar-refractivity contribution in [2.75, 3.05) is 26.2 Å². The second-order valence-electron chi connectivity index (χ2n) is 8.86. The van der Waals surface area contributed by atoms with Gasteiger partial charge in [0.1, 0.15) is 0 Å². The molecule has 174 valence electrons. The number of piperazine rings is 1. The van der Waals surface area contributed by atoms with E-state index < -0.39 is 10.0 Å². The Balaban J connectivity index is 1.53. The molecule has 3 aromatic rings. The molecule has 1 aliphatic rings. The normalized spacial score (nSPS) is 18.2. The van der Waals surface area contributed by atoms with Crippen LogP contribution in [0.3, 0.4) is 0 Å². The highest BCUT2D eigenvalue weighted by molar-refractivity contribution is 7.89. The van der Waals surface area contributed by atoms with Gasteiger partial charge in [0.15, 0.2) is 0 Å². The Bertz CT molecular complexity index is 1100. The summed E-state index contributed by atoms with van der Waals surface area (Å²) in [6.07, 6.45) is 1.59. The van der Waals surface area contributed by atoms with Crippen LogP contribution in [0.25, 0.3) is 0 Å². The Kier molecular flexibility index (Phi) is 7.93. The van der Waals surface area contributed by atoms with Crippen LogP contribution < -0.4 is 10.0 Å². The van der Waals surface area contributed by atoms with E-state index in [1.807, 2.05) is 43.3 Å². The lowest BCUT2D eigenvalue weighted by Crippen LogP contribution is -2.56. The van der Waals surface area contributed by atoms with Crippen LogP contribution in [0.4, 0.5) is 0 Å². The lowest BCUT2D eigenvalue weighted by atomic mass is 10.0. The summed E-state index contributed by atoms with van der Waals surface area (Å²) in [6, 6.07) is 27.8. The fourth-order valence-electron chi connectivity index (χ4n) is 4.46. The van der Waals surface area contributed by atoms with E-state index in [0.717, 1.165) is 37.2 Å². The van der Waals surface area contributed by atoms with E-state index in [2.05, 4.69) is 51.3 Å². The Hall–Kier alpha value is -2.51. The van der Waals surface area contributed by atoms with Crippen molar-refractivity contribution < 1.29 is 8.42 Å². The van der Waals surface area contributed by atoms with Crippen molar-refractivity contribution in [3.63, 3.8) is 0 Å². The molecule has 0 radical (unpaired) electrons. The van der Waals surface area contributed by atoms with Gasteiger partial charge in [-0.2, -0.15) is 0 Å². The summed E-state index contributed by atoms with van der Waals surface area (Å²) in [5.41, 5.74) is 3.47. The lowest BCUT2D eigenvalue weighted by Gasteiger charge is -2.38. The van der Waals surface area contributed by atoms with E-state index >= 15 is 0 Å². The summed E-state index contributed by atoms with van der Waals surface area (Å²) >= 11 is 0. The summed E-state index contributed by atoms with van der Waals surface area (Å²) in [5.74, 6) is 0. The number of sulfonamides is 1. The van der Waals surface area contributed by atoms with Crippen LogP contribution in [0, 0.1) is 6.92 Å². The zero-order valence-electron chi connectivity index (χ0n) is 19.2. The summed E-state index contributed by atoms with van der Waals surface area (Å²) in [6.45, 7) is 5.33. The zero-order chi connectivity index (χ0) is 23.1. The second-order valence-corrected chi connectivity index (χ2v) is 10.6. The molecule has 33 heavy (non-hydrogen) atoms. The van der Waals surface area contributed by atoms with Crippen LogP contribution in [0.1, 0.15) is 16.7 Å². The van der Waals surface area contributed by atoms with Gasteiger partial charge in [0.2, 0.25) is 10.0 Å². The highest BCUT2D eigenvalue weighted by Gasteiger charge is 2.28. The number of aryl methyl sites for hydroxylation is 1. The lowest BCUT2D eigenvalue weighted by molar-refractivity contribution is 0.148. The van der Waals surface area contributed by atoms with E-state index in [9.17, 15) is 8.42 Å². The van der Waals surface area contributed by atoms with E-state index in [-0.39, 0.29) is 6.04 Å². The van der Waals surface area contributed by atoms with Gasteiger partial charge in [-0.3, -0.25) is 4.90 Å². The van der Waals surface area contributed by atoms with Gasteiger partial charge in [-0.05, 0) is 43.0 Å². The van der Waals surface area contributed by atoms with Crippen LogP contribution in [0.5, 0.6) is 0 Å². The maximum atomic E-state index is 13.2. The minimum absolute atomic E-state index is 0.227. The molecule has 0 saturated carbocycles. The number of nitrogens with zero attached hydrogens (tertiary/aromatic N) is 1. The quantitative estimate of drug-likeness (QED) is 0.511. The minimum Gasteiger partial charge on any atom is -0.314 e. The average Bonchev–Trinajstić information content (AvgIpc) is 2.82. The monoisotopic (exact) mass is 463 g/mol. The highest BCUT2D eigenvalue weighted by Crippen LogP contribution is 2.16. The van der Waals surface area contributed by atoms with Crippen molar-refractivity contribution >= 4 is 10.0 Å². The van der Waals surface area contributed by atoms with E-state index in [0.29, 0.717) is 23.9 Å². The molecule has 0 aromatic heterocycles.